The summed E-state index contributed by atoms with van der Waals surface area (Å²) in [5.74, 6) is 0.0292. The number of aryl methyl sites for hydroxylation is 3. The summed E-state index contributed by atoms with van der Waals surface area (Å²) in [6, 6.07) is 13.5. The van der Waals surface area contributed by atoms with Crippen LogP contribution in [-0.4, -0.2) is 21.0 Å². The van der Waals surface area contributed by atoms with Gasteiger partial charge in [0.05, 0.1) is 11.4 Å². The van der Waals surface area contributed by atoms with Crippen LogP contribution in [0, 0.1) is 27.7 Å². The number of nitrogens with zero attached hydrogens (tertiary/aromatic N) is 3. The van der Waals surface area contributed by atoms with Crippen LogP contribution in [0.1, 0.15) is 32.9 Å². The molecule has 2 aromatic carbocycles. The van der Waals surface area contributed by atoms with Gasteiger partial charge in [-0.3, -0.25) is 0 Å². The number of rotatable bonds is 3. The Bertz CT molecular complexity index is 913. The van der Waals surface area contributed by atoms with E-state index in [2.05, 4.69) is 10.3 Å². The van der Waals surface area contributed by atoms with E-state index in [0.29, 0.717) is 11.4 Å². The number of aromatic nitrogens is 3. The standard InChI is InChI=1S/C19H19N3O2/c1-12-9-10-13(2)16(11-12)22-15(4)18(20-21-22)19(23)24-17-8-6-5-7-14(17)3/h5-11H,1-4H3. The highest BCUT2D eigenvalue weighted by Crippen LogP contribution is 2.21. The Morgan fingerprint density at radius 1 is 1.00 bits per heavy atom. The van der Waals surface area contributed by atoms with Crippen LogP contribution >= 0.6 is 0 Å². The Hall–Kier alpha value is -2.95. The summed E-state index contributed by atoms with van der Waals surface area (Å²) in [5.41, 5.74) is 4.86. The second-order valence-corrected chi connectivity index (χ2v) is 5.88. The Balaban J connectivity index is 1.94. The van der Waals surface area contributed by atoms with E-state index in [0.717, 1.165) is 22.4 Å². The number of carbonyl (C=O) groups is 1. The van der Waals surface area contributed by atoms with Gasteiger partial charge in [0.2, 0.25) is 0 Å². The molecule has 3 rings (SSSR count). The molecule has 0 spiro atoms. The fourth-order valence-corrected chi connectivity index (χ4v) is 2.51. The van der Waals surface area contributed by atoms with E-state index < -0.39 is 5.97 Å². The van der Waals surface area contributed by atoms with Gasteiger partial charge in [0.25, 0.3) is 0 Å². The molecule has 0 aliphatic heterocycles. The molecule has 0 saturated heterocycles. The van der Waals surface area contributed by atoms with Crippen LogP contribution in [0.4, 0.5) is 0 Å². The smallest absolute Gasteiger partial charge is 0.366 e. The third kappa shape index (κ3) is 2.93. The monoisotopic (exact) mass is 321 g/mol. The van der Waals surface area contributed by atoms with Gasteiger partial charge in [-0.15, -0.1) is 5.10 Å². The molecule has 0 fully saturated rings. The van der Waals surface area contributed by atoms with Gasteiger partial charge in [-0.1, -0.05) is 35.5 Å². The van der Waals surface area contributed by atoms with Crippen LogP contribution in [0.2, 0.25) is 0 Å². The van der Waals surface area contributed by atoms with Crippen molar-refractivity contribution in [2.75, 3.05) is 0 Å². The van der Waals surface area contributed by atoms with Crippen molar-refractivity contribution in [1.82, 2.24) is 15.0 Å². The number of para-hydroxylation sites is 1. The van der Waals surface area contributed by atoms with Crippen LogP contribution < -0.4 is 4.74 Å². The lowest BCUT2D eigenvalue weighted by Gasteiger charge is -2.09. The molecule has 0 bridgehead atoms. The number of carbonyl (C=O) groups excluding carboxylic acids is 1. The van der Waals surface area contributed by atoms with E-state index >= 15 is 0 Å². The zero-order valence-corrected chi connectivity index (χ0v) is 14.2. The predicted octanol–water partition coefficient (Wildman–Crippen LogP) is 3.72. The molecule has 0 unspecified atom stereocenters. The van der Waals surface area contributed by atoms with Gasteiger partial charge in [0.15, 0.2) is 5.69 Å². The lowest BCUT2D eigenvalue weighted by molar-refractivity contribution is 0.0726. The molecule has 0 aliphatic carbocycles. The van der Waals surface area contributed by atoms with E-state index in [4.69, 9.17) is 4.74 Å². The molecule has 3 aromatic rings. The van der Waals surface area contributed by atoms with E-state index in [1.165, 1.54) is 0 Å². The van der Waals surface area contributed by atoms with Crippen molar-refractivity contribution >= 4 is 5.97 Å². The van der Waals surface area contributed by atoms with Crippen LogP contribution in [0.15, 0.2) is 42.5 Å². The van der Waals surface area contributed by atoms with Crippen LogP contribution in [0.5, 0.6) is 5.75 Å². The minimum atomic E-state index is -0.502. The Labute approximate surface area is 140 Å². The largest absolute Gasteiger partial charge is 0.421 e. The van der Waals surface area contributed by atoms with Crippen molar-refractivity contribution in [3.63, 3.8) is 0 Å². The third-order valence-corrected chi connectivity index (χ3v) is 3.98. The predicted molar refractivity (Wildman–Crippen MR) is 91.7 cm³/mol. The molecule has 0 aliphatic rings. The summed E-state index contributed by atoms with van der Waals surface area (Å²) in [7, 11) is 0. The summed E-state index contributed by atoms with van der Waals surface area (Å²) in [6.45, 7) is 7.72. The van der Waals surface area contributed by atoms with Gasteiger partial charge in [0.1, 0.15) is 5.75 Å². The van der Waals surface area contributed by atoms with Crippen LogP contribution in [-0.2, 0) is 0 Å². The van der Waals surface area contributed by atoms with Gasteiger partial charge >= 0.3 is 5.97 Å². The first-order chi connectivity index (χ1) is 11.5. The Morgan fingerprint density at radius 2 is 1.75 bits per heavy atom. The van der Waals surface area contributed by atoms with Crippen molar-refractivity contribution < 1.29 is 9.53 Å². The lowest BCUT2D eigenvalue weighted by Crippen LogP contribution is -2.12. The molecule has 122 valence electrons. The molecule has 0 saturated carbocycles. The number of esters is 1. The Kier molecular flexibility index (Phi) is 4.16. The zero-order valence-electron chi connectivity index (χ0n) is 14.2. The SMILES string of the molecule is Cc1ccc(C)c(-n2nnc(C(=O)Oc3ccccc3C)c2C)c1. The zero-order chi connectivity index (χ0) is 17.3. The highest BCUT2D eigenvalue weighted by molar-refractivity contribution is 5.90. The second kappa shape index (κ2) is 6.28. The first-order valence-electron chi connectivity index (χ1n) is 7.75. The molecule has 5 heteroatoms. The third-order valence-electron chi connectivity index (χ3n) is 3.98. The van der Waals surface area contributed by atoms with Crippen molar-refractivity contribution in [3.8, 4) is 11.4 Å². The van der Waals surface area contributed by atoms with E-state index in [-0.39, 0.29) is 5.69 Å². The number of hydrogen-bond donors (Lipinski definition) is 0. The van der Waals surface area contributed by atoms with Gasteiger partial charge in [-0.2, -0.15) is 0 Å². The van der Waals surface area contributed by atoms with Crippen molar-refractivity contribution in [3.05, 3.63) is 70.5 Å². The molecule has 0 N–H and O–H groups in total. The number of benzene rings is 2. The minimum Gasteiger partial charge on any atom is -0.421 e. The number of ether oxygens (including phenoxy) is 1. The fourth-order valence-electron chi connectivity index (χ4n) is 2.51. The summed E-state index contributed by atoms with van der Waals surface area (Å²) in [4.78, 5) is 12.4. The molecule has 5 nitrogen and oxygen atoms in total. The molecule has 0 radical (unpaired) electrons. The maximum atomic E-state index is 12.4. The van der Waals surface area contributed by atoms with Gasteiger partial charge in [-0.05, 0) is 56.5 Å². The van der Waals surface area contributed by atoms with Crippen molar-refractivity contribution in [2.24, 2.45) is 0 Å². The van der Waals surface area contributed by atoms with E-state index in [9.17, 15) is 4.79 Å². The molecule has 1 heterocycles. The normalized spacial score (nSPS) is 10.7. The van der Waals surface area contributed by atoms with Crippen molar-refractivity contribution in [1.29, 1.82) is 0 Å². The highest BCUT2D eigenvalue weighted by Gasteiger charge is 2.20. The fraction of sp³-hybridized carbons (Fsp3) is 0.211. The van der Waals surface area contributed by atoms with Gasteiger partial charge < -0.3 is 4.74 Å². The summed E-state index contributed by atoms with van der Waals surface area (Å²) < 4.78 is 7.14. The molecule has 0 atom stereocenters. The highest BCUT2D eigenvalue weighted by atomic mass is 16.5. The average molecular weight is 321 g/mol. The first kappa shape index (κ1) is 15.9. The van der Waals surface area contributed by atoms with E-state index in [1.54, 1.807) is 10.7 Å². The molecule has 1 aromatic heterocycles. The summed E-state index contributed by atoms with van der Waals surface area (Å²) in [6.07, 6.45) is 0. The maximum Gasteiger partial charge on any atom is 0.366 e. The van der Waals surface area contributed by atoms with Crippen LogP contribution in [0.3, 0.4) is 0 Å². The quantitative estimate of drug-likeness (QED) is 0.545. The van der Waals surface area contributed by atoms with E-state index in [1.807, 2.05) is 64.1 Å². The minimum absolute atomic E-state index is 0.221. The summed E-state index contributed by atoms with van der Waals surface area (Å²) in [5, 5.41) is 8.17. The first-order valence-corrected chi connectivity index (χ1v) is 7.75. The molecule has 0 amide bonds. The van der Waals surface area contributed by atoms with Gasteiger partial charge in [0, 0.05) is 0 Å². The second-order valence-electron chi connectivity index (χ2n) is 5.88. The Morgan fingerprint density at radius 3 is 2.50 bits per heavy atom. The lowest BCUT2D eigenvalue weighted by atomic mass is 10.1. The molecular weight excluding hydrogens is 302 g/mol. The average Bonchev–Trinajstić information content (AvgIpc) is 2.93. The summed E-state index contributed by atoms with van der Waals surface area (Å²) >= 11 is 0. The molecular formula is C19H19N3O2. The van der Waals surface area contributed by atoms with Gasteiger partial charge in [-0.25, -0.2) is 9.48 Å². The van der Waals surface area contributed by atoms with Crippen LogP contribution in [0.25, 0.3) is 5.69 Å². The topological polar surface area (TPSA) is 57.0 Å². The van der Waals surface area contributed by atoms with Crippen molar-refractivity contribution in [2.45, 2.75) is 27.7 Å². The molecule has 24 heavy (non-hydrogen) atoms. The maximum absolute atomic E-state index is 12.4. The number of hydrogen-bond acceptors (Lipinski definition) is 4.